The van der Waals surface area contributed by atoms with Crippen molar-refractivity contribution in [2.24, 2.45) is 0 Å². The average Bonchev–Trinajstić information content (AvgIpc) is 2.52. The van der Waals surface area contributed by atoms with Crippen LogP contribution < -0.4 is 10.1 Å². The van der Waals surface area contributed by atoms with E-state index in [-0.39, 0.29) is 11.2 Å². The molecule has 1 atom stereocenters. The first kappa shape index (κ1) is 18.4. The van der Waals surface area contributed by atoms with E-state index in [2.05, 4.69) is 30.4 Å². The highest BCUT2D eigenvalue weighted by Gasteiger charge is 2.13. The zero-order chi connectivity index (χ0) is 17.5. The Kier molecular flexibility index (Phi) is 6.73. The lowest BCUT2D eigenvalue weighted by Crippen LogP contribution is -2.33. The smallest absolute Gasteiger partial charge is 0.233 e. The second-order valence-electron chi connectivity index (χ2n) is 6.04. The fraction of sp³-hybridized carbons (Fsp3) is 0.350. The highest BCUT2D eigenvalue weighted by atomic mass is 32.2. The minimum absolute atomic E-state index is 0.0320. The number of amides is 1. The summed E-state index contributed by atoms with van der Waals surface area (Å²) in [5.74, 6) is 0.883. The SMILES string of the molecule is Cc1ccc(S[C@@H](C)C(=O)NCCOc2cc(C)cc(C)c2)cc1. The van der Waals surface area contributed by atoms with Gasteiger partial charge in [-0.25, -0.2) is 0 Å². The van der Waals surface area contributed by atoms with Crippen LogP contribution in [0, 0.1) is 20.8 Å². The molecule has 0 fully saturated rings. The Morgan fingerprint density at radius 3 is 2.29 bits per heavy atom. The molecule has 0 aromatic heterocycles. The van der Waals surface area contributed by atoms with Crippen LogP contribution in [0.3, 0.4) is 0 Å². The standard InChI is InChI=1S/C20H25NO2S/c1-14-5-7-19(8-6-14)24-17(4)20(22)21-9-10-23-18-12-15(2)11-16(3)13-18/h5-8,11-13,17H,9-10H2,1-4H3,(H,21,22)/t17-/m0/s1. The predicted octanol–water partition coefficient (Wildman–Crippen LogP) is 4.29. The third-order valence-corrected chi connectivity index (χ3v) is 4.68. The Bertz CT molecular complexity index is 662. The van der Waals surface area contributed by atoms with Crippen molar-refractivity contribution in [1.82, 2.24) is 5.32 Å². The van der Waals surface area contributed by atoms with Crippen LogP contribution in [0.1, 0.15) is 23.6 Å². The lowest BCUT2D eigenvalue weighted by Gasteiger charge is -2.13. The summed E-state index contributed by atoms with van der Waals surface area (Å²) >= 11 is 1.57. The summed E-state index contributed by atoms with van der Waals surface area (Å²) in [6, 6.07) is 14.3. The van der Waals surface area contributed by atoms with E-state index < -0.39 is 0 Å². The van der Waals surface area contributed by atoms with Crippen LogP contribution in [-0.2, 0) is 4.79 Å². The largest absolute Gasteiger partial charge is 0.492 e. The third kappa shape index (κ3) is 5.93. The van der Waals surface area contributed by atoms with E-state index in [0.717, 1.165) is 10.6 Å². The van der Waals surface area contributed by atoms with Crippen LogP contribution in [-0.4, -0.2) is 24.3 Å². The molecular weight excluding hydrogens is 318 g/mol. The molecular formula is C20H25NO2S. The van der Waals surface area contributed by atoms with E-state index in [1.807, 2.05) is 45.0 Å². The van der Waals surface area contributed by atoms with Gasteiger partial charge < -0.3 is 10.1 Å². The molecule has 2 aromatic carbocycles. The Labute approximate surface area is 148 Å². The maximum absolute atomic E-state index is 12.1. The fourth-order valence-corrected chi connectivity index (χ4v) is 3.27. The predicted molar refractivity (Wildman–Crippen MR) is 101 cm³/mol. The molecule has 0 heterocycles. The summed E-state index contributed by atoms with van der Waals surface area (Å²) in [6.07, 6.45) is 0. The van der Waals surface area contributed by atoms with Crippen LogP contribution >= 0.6 is 11.8 Å². The average molecular weight is 343 g/mol. The van der Waals surface area contributed by atoms with E-state index in [4.69, 9.17) is 4.74 Å². The molecule has 0 aliphatic carbocycles. The zero-order valence-electron chi connectivity index (χ0n) is 14.8. The molecule has 3 nitrogen and oxygen atoms in total. The molecule has 0 unspecified atom stereocenters. The maximum Gasteiger partial charge on any atom is 0.233 e. The Hall–Kier alpha value is -1.94. The van der Waals surface area contributed by atoms with Crippen molar-refractivity contribution in [1.29, 1.82) is 0 Å². The van der Waals surface area contributed by atoms with E-state index >= 15 is 0 Å². The molecule has 4 heteroatoms. The first-order valence-corrected chi connectivity index (χ1v) is 9.04. The van der Waals surface area contributed by atoms with Crippen molar-refractivity contribution < 1.29 is 9.53 Å². The van der Waals surface area contributed by atoms with Gasteiger partial charge in [-0.3, -0.25) is 4.79 Å². The number of carbonyl (C=O) groups excluding carboxylic acids is 1. The number of ether oxygens (including phenoxy) is 1. The van der Waals surface area contributed by atoms with E-state index in [1.54, 1.807) is 11.8 Å². The van der Waals surface area contributed by atoms with Crippen LogP contribution in [0.2, 0.25) is 0 Å². The van der Waals surface area contributed by atoms with Gasteiger partial charge in [-0.15, -0.1) is 11.8 Å². The minimum atomic E-state index is -0.131. The van der Waals surface area contributed by atoms with Gasteiger partial charge in [-0.05, 0) is 63.1 Å². The fourth-order valence-electron chi connectivity index (χ4n) is 2.38. The van der Waals surface area contributed by atoms with Gasteiger partial charge in [0, 0.05) is 4.90 Å². The van der Waals surface area contributed by atoms with Crippen LogP contribution in [0.15, 0.2) is 47.4 Å². The summed E-state index contributed by atoms with van der Waals surface area (Å²) in [4.78, 5) is 13.3. The Balaban J connectivity index is 1.73. The number of hydrogen-bond acceptors (Lipinski definition) is 3. The van der Waals surface area contributed by atoms with Gasteiger partial charge >= 0.3 is 0 Å². The lowest BCUT2D eigenvalue weighted by atomic mass is 10.1. The summed E-state index contributed by atoms with van der Waals surface area (Å²) in [6.45, 7) is 9.04. The number of aryl methyl sites for hydroxylation is 3. The lowest BCUT2D eigenvalue weighted by molar-refractivity contribution is -0.120. The van der Waals surface area contributed by atoms with Gasteiger partial charge in [-0.2, -0.15) is 0 Å². The van der Waals surface area contributed by atoms with Crippen molar-refractivity contribution in [3.05, 3.63) is 59.2 Å². The maximum atomic E-state index is 12.1. The normalized spacial score (nSPS) is 11.8. The first-order valence-electron chi connectivity index (χ1n) is 8.16. The summed E-state index contributed by atoms with van der Waals surface area (Å²) in [7, 11) is 0. The number of rotatable bonds is 7. The number of nitrogens with one attached hydrogen (secondary N) is 1. The highest BCUT2D eigenvalue weighted by molar-refractivity contribution is 8.00. The molecule has 0 aliphatic rings. The van der Waals surface area contributed by atoms with Gasteiger partial charge in [0.2, 0.25) is 5.91 Å². The molecule has 2 aromatic rings. The molecule has 0 spiro atoms. The second-order valence-corrected chi connectivity index (χ2v) is 7.45. The van der Waals surface area contributed by atoms with Gasteiger partial charge in [0.25, 0.3) is 0 Å². The molecule has 0 saturated heterocycles. The van der Waals surface area contributed by atoms with Crippen molar-refractivity contribution in [3.63, 3.8) is 0 Å². The zero-order valence-corrected chi connectivity index (χ0v) is 15.6. The van der Waals surface area contributed by atoms with Crippen LogP contribution in [0.5, 0.6) is 5.75 Å². The molecule has 128 valence electrons. The Morgan fingerprint density at radius 2 is 1.67 bits per heavy atom. The quantitative estimate of drug-likeness (QED) is 0.602. The van der Waals surface area contributed by atoms with E-state index in [9.17, 15) is 4.79 Å². The molecule has 0 aliphatic heterocycles. The molecule has 0 bridgehead atoms. The summed E-state index contributed by atoms with van der Waals surface area (Å²) < 4.78 is 5.71. The molecule has 1 amide bonds. The van der Waals surface area contributed by atoms with Crippen LogP contribution in [0.4, 0.5) is 0 Å². The topological polar surface area (TPSA) is 38.3 Å². The number of benzene rings is 2. The van der Waals surface area contributed by atoms with Gasteiger partial charge in [0.15, 0.2) is 0 Å². The monoisotopic (exact) mass is 343 g/mol. The number of carbonyl (C=O) groups is 1. The van der Waals surface area contributed by atoms with Gasteiger partial charge in [0.05, 0.1) is 11.8 Å². The molecule has 24 heavy (non-hydrogen) atoms. The molecule has 0 radical (unpaired) electrons. The van der Waals surface area contributed by atoms with Crippen molar-refractivity contribution in [2.75, 3.05) is 13.2 Å². The van der Waals surface area contributed by atoms with Crippen molar-refractivity contribution in [2.45, 2.75) is 37.8 Å². The Morgan fingerprint density at radius 1 is 1.04 bits per heavy atom. The van der Waals surface area contributed by atoms with Gasteiger partial charge in [-0.1, -0.05) is 23.8 Å². The minimum Gasteiger partial charge on any atom is -0.492 e. The molecule has 0 saturated carbocycles. The summed E-state index contributed by atoms with van der Waals surface area (Å²) in [5, 5.41) is 2.80. The van der Waals surface area contributed by atoms with E-state index in [1.165, 1.54) is 16.7 Å². The molecule has 1 N–H and O–H groups in total. The second kappa shape index (κ2) is 8.78. The number of thioether (sulfide) groups is 1. The van der Waals surface area contributed by atoms with Crippen LogP contribution in [0.25, 0.3) is 0 Å². The number of hydrogen-bond donors (Lipinski definition) is 1. The van der Waals surface area contributed by atoms with E-state index in [0.29, 0.717) is 13.2 Å². The summed E-state index contributed by atoms with van der Waals surface area (Å²) in [5.41, 5.74) is 3.58. The third-order valence-electron chi connectivity index (χ3n) is 3.57. The highest BCUT2D eigenvalue weighted by Crippen LogP contribution is 2.23. The van der Waals surface area contributed by atoms with Gasteiger partial charge in [0.1, 0.15) is 12.4 Å². The first-order chi connectivity index (χ1) is 11.4. The van der Waals surface area contributed by atoms with Crippen molar-refractivity contribution >= 4 is 17.7 Å². The molecule has 2 rings (SSSR count). The van der Waals surface area contributed by atoms with Crippen molar-refractivity contribution in [3.8, 4) is 5.75 Å².